The van der Waals surface area contributed by atoms with Crippen molar-refractivity contribution in [2.45, 2.75) is 12.1 Å². The Kier molecular flexibility index (Phi) is 3.97. The second-order valence-corrected chi connectivity index (χ2v) is 4.82. The lowest BCUT2D eigenvalue weighted by molar-refractivity contribution is 0.0824. The minimum Gasteiger partial charge on any atom is -0.390 e. The van der Waals surface area contributed by atoms with Crippen molar-refractivity contribution < 1.29 is 5.11 Å². The van der Waals surface area contributed by atoms with Crippen LogP contribution in [0.2, 0.25) is 0 Å². The summed E-state index contributed by atoms with van der Waals surface area (Å²) in [6.45, 7) is 0.260. The minimum absolute atomic E-state index is 0.0698. The minimum atomic E-state index is -0.554. The molecule has 0 spiro atoms. The second-order valence-electron chi connectivity index (χ2n) is 4.82. The molecule has 0 fully saturated rings. The summed E-state index contributed by atoms with van der Waals surface area (Å²) in [6.07, 6.45) is -0.554. The molecule has 3 N–H and O–H groups in total. The van der Waals surface area contributed by atoms with E-state index in [-0.39, 0.29) is 12.6 Å². The second kappa shape index (κ2) is 5.48. The molecule has 0 aromatic heterocycles. The predicted octanol–water partition coefficient (Wildman–Crippen LogP) is 1.76. The molecule has 0 aliphatic carbocycles. The highest BCUT2D eigenvalue weighted by Gasteiger charge is 2.22. The highest BCUT2D eigenvalue weighted by Crippen LogP contribution is 2.25. The molecule has 0 heterocycles. The number of likely N-dealkylation sites (N-methyl/N-ethyl adjacent to an activating group) is 1. The van der Waals surface area contributed by atoms with Crippen molar-refractivity contribution in [3.63, 3.8) is 0 Å². The van der Waals surface area contributed by atoms with Crippen LogP contribution in [0.1, 0.15) is 11.6 Å². The molecule has 0 bridgehead atoms. The molecule has 0 aliphatic rings. The number of hydrogen-bond acceptors (Lipinski definition) is 3. The molecular formula is C15H20N2O. The molecule has 2 unspecified atom stereocenters. The third kappa shape index (κ3) is 2.53. The molecule has 3 nitrogen and oxygen atoms in total. The Morgan fingerprint density at radius 2 is 1.78 bits per heavy atom. The van der Waals surface area contributed by atoms with Gasteiger partial charge in [-0.15, -0.1) is 0 Å². The van der Waals surface area contributed by atoms with Gasteiger partial charge in [-0.3, -0.25) is 0 Å². The van der Waals surface area contributed by atoms with E-state index in [1.54, 1.807) is 0 Å². The molecular weight excluding hydrogens is 224 g/mol. The van der Waals surface area contributed by atoms with Crippen molar-refractivity contribution in [3.8, 4) is 0 Å². The topological polar surface area (TPSA) is 49.5 Å². The summed E-state index contributed by atoms with van der Waals surface area (Å²) in [5, 5.41) is 12.4. The van der Waals surface area contributed by atoms with Gasteiger partial charge in [-0.2, -0.15) is 0 Å². The van der Waals surface area contributed by atoms with Gasteiger partial charge in [0.1, 0.15) is 0 Å². The third-order valence-corrected chi connectivity index (χ3v) is 3.28. The van der Waals surface area contributed by atoms with E-state index in [2.05, 4.69) is 30.3 Å². The zero-order valence-corrected chi connectivity index (χ0v) is 10.9. The lowest BCUT2D eigenvalue weighted by Gasteiger charge is -2.29. The zero-order valence-electron chi connectivity index (χ0n) is 10.9. The fourth-order valence-corrected chi connectivity index (χ4v) is 2.39. The maximum atomic E-state index is 10.0. The number of aliphatic hydroxyl groups is 1. The molecule has 96 valence electrons. The highest BCUT2D eigenvalue weighted by molar-refractivity contribution is 5.83. The van der Waals surface area contributed by atoms with E-state index in [0.717, 1.165) is 5.56 Å². The summed E-state index contributed by atoms with van der Waals surface area (Å²) in [6, 6.07) is 14.4. The summed E-state index contributed by atoms with van der Waals surface area (Å²) in [7, 11) is 3.91. The summed E-state index contributed by atoms with van der Waals surface area (Å²) in [4.78, 5) is 2.00. The Balaban J connectivity index is 2.44. The Bertz CT molecular complexity index is 525. The number of rotatable bonds is 4. The van der Waals surface area contributed by atoms with Crippen molar-refractivity contribution in [2.75, 3.05) is 20.6 Å². The average molecular weight is 244 g/mol. The van der Waals surface area contributed by atoms with Crippen LogP contribution < -0.4 is 5.73 Å². The van der Waals surface area contributed by atoms with Gasteiger partial charge in [-0.05, 0) is 36.5 Å². The van der Waals surface area contributed by atoms with Gasteiger partial charge in [0.25, 0.3) is 0 Å². The lowest BCUT2D eigenvalue weighted by atomic mass is 9.97. The zero-order chi connectivity index (χ0) is 13.1. The molecule has 2 rings (SSSR count). The monoisotopic (exact) mass is 244 g/mol. The van der Waals surface area contributed by atoms with E-state index in [9.17, 15) is 5.11 Å². The van der Waals surface area contributed by atoms with E-state index in [0.29, 0.717) is 0 Å². The Hall–Kier alpha value is -1.42. The van der Waals surface area contributed by atoms with Gasteiger partial charge in [0, 0.05) is 6.54 Å². The van der Waals surface area contributed by atoms with Crippen LogP contribution >= 0.6 is 0 Å². The van der Waals surface area contributed by atoms with Crippen LogP contribution in [0.25, 0.3) is 10.8 Å². The van der Waals surface area contributed by atoms with E-state index < -0.39 is 6.10 Å². The van der Waals surface area contributed by atoms with Gasteiger partial charge in [-0.1, -0.05) is 36.4 Å². The van der Waals surface area contributed by atoms with Crippen molar-refractivity contribution in [1.82, 2.24) is 4.90 Å². The van der Waals surface area contributed by atoms with E-state index in [4.69, 9.17) is 5.73 Å². The number of benzene rings is 2. The van der Waals surface area contributed by atoms with Gasteiger partial charge >= 0.3 is 0 Å². The molecule has 18 heavy (non-hydrogen) atoms. The number of aliphatic hydroxyl groups excluding tert-OH is 1. The van der Waals surface area contributed by atoms with E-state index in [1.165, 1.54) is 10.8 Å². The first kappa shape index (κ1) is 13.0. The Morgan fingerprint density at radius 3 is 2.39 bits per heavy atom. The van der Waals surface area contributed by atoms with Crippen LogP contribution in [0, 0.1) is 0 Å². The first-order valence-electron chi connectivity index (χ1n) is 6.16. The number of hydrogen-bond donors (Lipinski definition) is 2. The normalized spacial score (nSPS) is 14.9. The van der Waals surface area contributed by atoms with E-state index in [1.807, 2.05) is 31.1 Å². The average Bonchev–Trinajstić information content (AvgIpc) is 2.38. The smallest absolute Gasteiger partial charge is 0.0858 e. The van der Waals surface area contributed by atoms with Crippen molar-refractivity contribution >= 4 is 10.8 Å². The number of nitrogens with zero attached hydrogens (tertiary/aromatic N) is 1. The molecule has 0 aliphatic heterocycles. The van der Waals surface area contributed by atoms with Gasteiger partial charge in [0.2, 0.25) is 0 Å². The summed E-state index contributed by atoms with van der Waals surface area (Å²) < 4.78 is 0. The highest BCUT2D eigenvalue weighted by atomic mass is 16.3. The summed E-state index contributed by atoms with van der Waals surface area (Å²) in [5.74, 6) is 0. The van der Waals surface area contributed by atoms with Crippen LogP contribution in [0.5, 0.6) is 0 Å². The molecule has 0 saturated carbocycles. The van der Waals surface area contributed by atoms with Crippen LogP contribution in [0.15, 0.2) is 42.5 Å². The van der Waals surface area contributed by atoms with Crippen LogP contribution in [0.4, 0.5) is 0 Å². The van der Waals surface area contributed by atoms with Crippen molar-refractivity contribution in [1.29, 1.82) is 0 Å². The predicted molar refractivity (Wildman–Crippen MR) is 75.4 cm³/mol. The SMILES string of the molecule is CN(C)C(c1ccc2ccccc2c1)C(O)CN. The van der Waals surface area contributed by atoms with Crippen molar-refractivity contribution in [3.05, 3.63) is 48.0 Å². The Morgan fingerprint density at radius 1 is 1.11 bits per heavy atom. The van der Waals surface area contributed by atoms with Gasteiger partial charge in [0.05, 0.1) is 12.1 Å². The van der Waals surface area contributed by atoms with Gasteiger partial charge in [0.15, 0.2) is 0 Å². The van der Waals surface area contributed by atoms with Crippen LogP contribution in [0.3, 0.4) is 0 Å². The first-order chi connectivity index (χ1) is 8.63. The molecule has 2 aromatic carbocycles. The molecule has 2 aromatic rings. The van der Waals surface area contributed by atoms with Gasteiger partial charge in [-0.25, -0.2) is 0 Å². The fourth-order valence-electron chi connectivity index (χ4n) is 2.39. The fraction of sp³-hybridized carbons (Fsp3) is 0.333. The maximum Gasteiger partial charge on any atom is 0.0858 e. The molecule has 3 heteroatoms. The van der Waals surface area contributed by atoms with Gasteiger partial charge < -0.3 is 15.7 Å². The largest absolute Gasteiger partial charge is 0.390 e. The standard InChI is InChI=1S/C15H20N2O/c1-17(2)15(14(18)10-16)13-8-7-11-5-3-4-6-12(11)9-13/h3-9,14-15,18H,10,16H2,1-2H3. The number of fused-ring (bicyclic) bond motifs is 1. The third-order valence-electron chi connectivity index (χ3n) is 3.28. The van der Waals surface area contributed by atoms with Crippen LogP contribution in [-0.4, -0.2) is 36.8 Å². The van der Waals surface area contributed by atoms with E-state index >= 15 is 0 Å². The number of nitrogens with two attached hydrogens (primary N) is 1. The van der Waals surface area contributed by atoms with Crippen LogP contribution in [-0.2, 0) is 0 Å². The summed E-state index contributed by atoms with van der Waals surface area (Å²) >= 11 is 0. The quantitative estimate of drug-likeness (QED) is 0.861. The molecule has 0 saturated heterocycles. The Labute approximate surface area is 108 Å². The molecule has 2 atom stereocenters. The molecule has 0 radical (unpaired) electrons. The molecule has 0 amide bonds. The van der Waals surface area contributed by atoms with Crippen molar-refractivity contribution in [2.24, 2.45) is 5.73 Å². The summed E-state index contributed by atoms with van der Waals surface area (Å²) in [5.41, 5.74) is 6.68. The maximum absolute atomic E-state index is 10.0. The lowest BCUT2D eigenvalue weighted by Crippen LogP contribution is -2.36. The first-order valence-corrected chi connectivity index (χ1v) is 6.16.